The second kappa shape index (κ2) is 6.23. The van der Waals surface area contributed by atoms with Gasteiger partial charge in [0, 0.05) is 19.0 Å². The number of nitrogens with one attached hydrogen (secondary N) is 3. The number of hydrogen-bond acceptors (Lipinski definition) is 4. The van der Waals surface area contributed by atoms with Gasteiger partial charge in [0.15, 0.2) is 0 Å². The van der Waals surface area contributed by atoms with Gasteiger partial charge in [-0.2, -0.15) is 0 Å². The van der Waals surface area contributed by atoms with Gasteiger partial charge < -0.3 is 10.6 Å². The number of rotatable bonds is 7. The summed E-state index contributed by atoms with van der Waals surface area (Å²) in [5, 5.41) is 5.86. The van der Waals surface area contributed by atoms with Crippen molar-refractivity contribution in [3.63, 3.8) is 0 Å². The summed E-state index contributed by atoms with van der Waals surface area (Å²) in [4.78, 5) is 11.6. The third-order valence-electron chi connectivity index (χ3n) is 3.13. The van der Waals surface area contributed by atoms with Gasteiger partial charge in [0.2, 0.25) is 15.9 Å². The van der Waals surface area contributed by atoms with Gasteiger partial charge in [-0.1, -0.05) is 12.1 Å². The molecule has 0 spiro atoms. The van der Waals surface area contributed by atoms with E-state index in [0.29, 0.717) is 18.8 Å². The molecule has 1 fully saturated rings. The highest BCUT2D eigenvalue weighted by Crippen LogP contribution is 2.28. The molecule has 110 valence electrons. The predicted octanol–water partition coefficient (Wildman–Crippen LogP) is 0.533. The number of hydrogen-bond donors (Lipinski definition) is 3. The molecule has 1 amide bonds. The highest BCUT2D eigenvalue weighted by Gasteiger charge is 2.29. The Bertz CT molecular complexity index is 582. The first-order chi connectivity index (χ1) is 9.54. The second-order valence-electron chi connectivity index (χ2n) is 4.70. The van der Waals surface area contributed by atoms with Crippen LogP contribution in [-0.4, -0.2) is 34.5 Å². The molecule has 6 nitrogen and oxygen atoms in total. The fraction of sp³-hybridized carbons (Fsp3) is 0.462. The average Bonchev–Trinajstić information content (AvgIpc) is 3.28. The number of para-hydroxylation sites is 1. The zero-order valence-electron chi connectivity index (χ0n) is 11.3. The Kier molecular flexibility index (Phi) is 4.61. The summed E-state index contributed by atoms with van der Waals surface area (Å²) >= 11 is 0. The fourth-order valence-corrected chi connectivity index (χ4v) is 2.74. The molecule has 0 aromatic heterocycles. The zero-order chi connectivity index (χ0) is 14.6. The van der Waals surface area contributed by atoms with Crippen molar-refractivity contribution in [2.45, 2.75) is 17.7 Å². The van der Waals surface area contributed by atoms with Crippen molar-refractivity contribution in [1.82, 2.24) is 10.0 Å². The summed E-state index contributed by atoms with van der Waals surface area (Å²) in [6.45, 7) is 0.956. The molecule has 0 bridgehead atoms. The van der Waals surface area contributed by atoms with Gasteiger partial charge in [-0.15, -0.1) is 0 Å². The standard InChI is InChI=1S/C13H19N3O3S/c1-14-20(18,19)12-5-3-2-4-11(12)15-8-9-16-13(17)10-6-7-10/h2-5,10,14-15H,6-9H2,1H3,(H,16,17). The van der Waals surface area contributed by atoms with Gasteiger partial charge in [-0.25, -0.2) is 13.1 Å². The van der Waals surface area contributed by atoms with Crippen LogP contribution in [0.4, 0.5) is 5.69 Å². The van der Waals surface area contributed by atoms with Crippen molar-refractivity contribution in [2.75, 3.05) is 25.5 Å². The van der Waals surface area contributed by atoms with Gasteiger partial charge in [-0.05, 0) is 32.0 Å². The molecule has 1 saturated carbocycles. The summed E-state index contributed by atoms with van der Waals surface area (Å²) in [6.07, 6.45) is 1.95. The van der Waals surface area contributed by atoms with Gasteiger partial charge in [0.25, 0.3) is 0 Å². The second-order valence-corrected chi connectivity index (χ2v) is 6.55. The third kappa shape index (κ3) is 3.71. The van der Waals surface area contributed by atoms with Crippen molar-refractivity contribution in [3.05, 3.63) is 24.3 Å². The number of carbonyl (C=O) groups is 1. The van der Waals surface area contributed by atoms with Crippen LogP contribution in [0.3, 0.4) is 0 Å². The molecule has 7 heteroatoms. The molecule has 0 radical (unpaired) electrons. The van der Waals surface area contributed by atoms with E-state index >= 15 is 0 Å². The number of amides is 1. The number of carbonyl (C=O) groups excluding carboxylic acids is 1. The summed E-state index contributed by atoms with van der Waals surface area (Å²) < 4.78 is 26.0. The molecule has 1 aliphatic rings. The van der Waals surface area contributed by atoms with E-state index in [-0.39, 0.29) is 16.7 Å². The molecule has 3 N–H and O–H groups in total. The lowest BCUT2D eigenvalue weighted by Crippen LogP contribution is -2.30. The Morgan fingerprint density at radius 2 is 1.95 bits per heavy atom. The minimum Gasteiger partial charge on any atom is -0.382 e. The SMILES string of the molecule is CNS(=O)(=O)c1ccccc1NCCNC(=O)C1CC1. The maximum atomic E-state index is 11.8. The van der Waals surface area contributed by atoms with Gasteiger partial charge in [-0.3, -0.25) is 4.79 Å². The van der Waals surface area contributed by atoms with Gasteiger partial charge in [0.05, 0.1) is 5.69 Å². The van der Waals surface area contributed by atoms with E-state index in [1.807, 2.05) is 0 Å². The number of sulfonamides is 1. The van der Waals surface area contributed by atoms with Crippen LogP contribution in [-0.2, 0) is 14.8 Å². The Hall–Kier alpha value is -1.60. The van der Waals surface area contributed by atoms with Crippen molar-refractivity contribution in [3.8, 4) is 0 Å². The molecule has 0 unspecified atom stereocenters. The summed E-state index contributed by atoms with van der Waals surface area (Å²) in [5.74, 6) is 0.273. The molecular formula is C13H19N3O3S. The Morgan fingerprint density at radius 3 is 2.60 bits per heavy atom. The van der Waals surface area contributed by atoms with Gasteiger partial charge in [0.1, 0.15) is 4.90 Å². The normalized spacial score (nSPS) is 14.8. The van der Waals surface area contributed by atoms with Crippen LogP contribution in [0.1, 0.15) is 12.8 Å². The molecule has 0 saturated heterocycles. The van der Waals surface area contributed by atoms with E-state index in [1.54, 1.807) is 18.2 Å². The Balaban J connectivity index is 1.90. The van der Waals surface area contributed by atoms with Crippen LogP contribution >= 0.6 is 0 Å². The molecule has 1 aromatic carbocycles. The minimum atomic E-state index is -3.49. The first-order valence-corrected chi connectivity index (χ1v) is 8.07. The summed E-state index contributed by atoms with van der Waals surface area (Å²) in [6, 6.07) is 6.67. The van der Waals surface area contributed by atoms with Crippen LogP contribution in [0.2, 0.25) is 0 Å². The van der Waals surface area contributed by atoms with Crippen LogP contribution in [0, 0.1) is 5.92 Å². The Morgan fingerprint density at radius 1 is 1.25 bits per heavy atom. The summed E-state index contributed by atoms with van der Waals surface area (Å²) in [5.41, 5.74) is 0.530. The zero-order valence-corrected chi connectivity index (χ0v) is 12.2. The van der Waals surface area contributed by atoms with E-state index in [9.17, 15) is 13.2 Å². The molecule has 2 rings (SSSR count). The lowest BCUT2D eigenvalue weighted by Gasteiger charge is -2.12. The van der Waals surface area contributed by atoms with Crippen molar-refractivity contribution < 1.29 is 13.2 Å². The van der Waals surface area contributed by atoms with Crippen LogP contribution < -0.4 is 15.4 Å². The lowest BCUT2D eigenvalue weighted by atomic mass is 10.3. The first kappa shape index (κ1) is 14.8. The quantitative estimate of drug-likeness (QED) is 0.641. The number of benzene rings is 1. The number of anilines is 1. The summed E-state index contributed by atoms with van der Waals surface area (Å²) in [7, 11) is -2.11. The monoisotopic (exact) mass is 297 g/mol. The maximum Gasteiger partial charge on any atom is 0.242 e. The molecule has 1 aliphatic carbocycles. The predicted molar refractivity (Wildman–Crippen MR) is 76.9 cm³/mol. The van der Waals surface area contributed by atoms with Crippen LogP contribution in [0.15, 0.2) is 29.2 Å². The highest BCUT2D eigenvalue weighted by atomic mass is 32.2. The molecule has 0 atom stereocenters. The smallest absolute Gasteiger partial charge is 0.242 e. The largest absolute Gasteiger partial charge is 0.382 e. The van der Waals surface area contributed by atoms with Crippen molar-refractivity contribution in [1.29, 1.82) is 0 Å². The van der Waals surface area contributed by atoms with E-state index in [4.69, 9.17) is 0 Å². The van der Waals surface area contributed by atoms with E-state index < -0.39 is 10.0 Å². The van der Waals surface area contributed by atoms with E-state index in [0.717, 1.165) is 12.8 Å². The molecular weight excluding hydrogens is 278 g/mol. The van der Waals surface area contributed by atoms with Gasteiger partial charge >= 0.3 is 0 Å². The van der Waals surface area contributed by atoms with Crippen molar-refractivity contribution >= 4 is 21.6 Å². The molecule has 1 aromatic rings. The van der Waals surface area contributed by atoms with Crippen LogP contribution in [0.5, 0.6) is 0 Å². The first-order valence-electron chi connectivity index (χ1n) is 6.59. The fourth-order valence-electron chi connectivity index (χ4n) is 1.83. The average molecular weight is 297 g/mol. The lowest BCUT2D eigenvalue weighted by molar-refractivity contribution is -0.122. The van der Waals surface area contributed by atoms with E-state index in [2.05, 4.69) is 15.4 Å². The van der Waals surface area contributed by atoms with E-state index in [1.165, 1.54) is 13.1 Å². The minimum absolute atomic E-state index is 0.0860. The molecule has 20 heavy (non-hydrogen) atoms. The van der Waals surface area contributed by atoms with Crippen LogP contribution in [0.25, 0.3) is 0 Å². The molecule has 0 heterocycles. The highest BCUT2D eigenvalue weighted by molar-refractivity contribution is 7.89. The van der Waals surface area contributed by atoms with Crippen molar-refractivity contribution in [2.24, 2.45) is 5.92 Å². The third-order valence-corrected chi connectivity index (χ3v) is 4.61. The topological polar surface area (TPSA) is 87.3 Å². The Labute approximate surface area is 119 Å². The molecule has 0 aliphatic heterocycles. The maximum absolute atomic E-state index is 11.8.